The van der Waals surface area contributed by atoms with Crippen molar-refractivity contribution in [2.24, 2.45) is 0 Å². The van der Waals surface area contributed by atoms with Crippen molar-refractivity contribution in [1.29, 1.82) is 0 Å². The van der Waals surface area contributed by atoms with E-state index < -0.39 is 39.3 Å². The summed E-state index contributed by atoms with van der Waals surface area (Å²) < 4.78 is 71.7. The Balaban J connectivity index is 1.53. The number of unbranched alkanes of at least 4 members (excludes halogenated alkanes) is 12. The molecule has 288 valence electrons. The lowest BCUT2D eigenvalue weighted by Gasteiger charge is -2.34. The third-order valence-electron chi connectivity index (χ3n) is 9.73. The molecule has 3 rings (SSSR count). The number of hydrogen-bond acceptors (Lipinski definition) is 4. The summed E-state index contributed by atoms with van der Waals surface area (Å²) in [6.45, 7) is 4.38. The SMILES string of the molecule is CCCCCCCCCCCCCCC(C)(NCCCCC(NS(=O)(=O)c1ccc(-c2ccc(Br)cc2)cc1)C(=O)O)c1ccccc1C(F)(F)F. The van der Waals surface area contributed by atoms with Gasteiger partial charge in [0.2, 0.25) is 10.0 Å². The van der Waals surface area contributed by atoms with E-state index in [1.54, 1.807) is 18.2 Å². The van der Waals surface area contributed by atoms with Gasteiger partial charge in [0.25, 0.3) is 0 Å². The summed E-state index contributed by atoms with van der Waals surface area (Å²) in [6.07, 6.45) is 10.9. The number of benzene rings is 3. The summed E-state index contributed by atoms with van der Waals surface area (Å²) in [5, 5.41) is 13.2. The molecule has 52 heavy (non-hydrogen) atoms. The van der Waals surface area contributed by atoms with Crippen molar-refractivity contribution in [2.45, 2.75) is 139 Å². The number of carboxylic acids is 1. The molecule has 0 radical (unpaired) electrons. The molecule has 2 unspecified atom stereocenters. The van der Waals surface area contributed by atoms with Crippen molar-refractivity contribution in [3.05, 3.63) is 88.4 Å². The van der Waals surface area contributed by atoms with Crippen LogP contribution in [0.1, 0.15) is 128 Å². The molecule has 0 spiro atoms. The Morgan fingerprint density at radius 2 is 1.23 bits per heavy atom. The molecule has 3 aromatic rings. The molecular weight excluding hydrogens is 753 g/mol. The monoisotopic (exact) mass is 808 g/mol. The minimum Gasteiger partial charge on any atom is -0.480 e. The first kappa shape index (κ1) is 43.7. The third kappa shape index (κ3) is 14.6. The van der Waals surface area contributed by atoms with Crippen LogP contribution in [0.15, 0.2) is 82.2 Å². The second-order valence-corrected chi connectivity index (χ2v) is 16.6. The van der Waals surface area contributed by atoms with Crippen LogP contribution in [0, 0.1) is 0 Å². The molecule has 3 aromatic carbocycles. The van der Waals surface area contributed by atoms with Gasteiger partial charge in [-0.2, -0.15) is 17.9 Å². The van der Waals surface area contributed by atoms with Gasteiger partial charge in [0.05, 0.1) is 10.5 Å². The van der Waals surface area contributed by atoms with Crippen molar-refractivity contribution < 1.29 is 31.5 Å². The average molecular weight is 810 g/mol. The molecule has 0 fully saturated rings. The molecule has 6 nitrogen and oxygen atoms in total. The Morgan fingerprint density at radius 1 is 0.731 bits per heavy atom. The summed E-state index contributed by atoms with van der Waals surface area (Å²) in [7, 11) is -4.12. The van der Waals surface area contributed by atoms with Crippen molar-refractivity contribution in [3.63, 3.8) is 0 Å². The van der Waals surface area contributed by atoms with Gasteiger partial charge in [-0.25, -0.2) is 8.42 Å². The van der Waals surface area contributed by atoms with Crippen molar-refractivity contribution >= 4 is 31.9 Å². The number of halogens is 4. The van der Waals surface area contributed by atoms with E-state index in [2.05, 4.69) is 32.9 Å². The lowest BCUT2D eigenvalue weighted by molar-refractivity contribution is -0.139. The Labute approximate surface area is 317 Å². The van der Waals surface area contributed by atoms with Gasteiger partial charge in [-0.1, -0.05) is 142 Å². The maximum Gasteiger partial charge on any atom is 0.416 e. The van der Waals surface area contributed by atoms with E-state index in [4.69, 9.17) is 0 Å². The standard InChI is InChI=1S/C41H56BrF3N2O4S/c1-3-4-5-6-7-8-9-10-11-12-13-17-30-40(2,36-19-14-15-20-37(36)41(43,44)45)46-31-18-16-21-38(39(48)49)47-52(50,51)35-28-24-33(25-29-35)32-22-26-34(42)27-23-32/h14-15,19-20,22-29,38,46-47H,3-13,16-18,21,30-31H2,1-2H3,(H,48,49). The molecule has 0 aliphatic carbocycles. The number of carbonyl (C=O) groups is 1. The van der Waals surface area contributed by atoms with E-state index in [1.165, 1.54) is 75.6 Å². The molecule has 3 N–H and O–H groups in total. The zero-order valence-corrected chi connectivity index (χ0v) is 33.0. The topological polar surface area (TPSA) is 95.5 Å². The molecule has 0 aliphatic rings. The van der Waals surface area contributed by atoms with Crippen LogP contribution in [0.25, 0.3) is 11.1 Å². The average Bonchev–Trinajstić information content (AvgIpc) is 3.11. The van der Waals surface area contributed by atoms with Crippen LogP contribution in [0.2, 0.25) is 0 Å². The van der Waals surface area contributed by atoms with Crippen LogP contribution in [0.5, 0.6) is 0 Å². The summed E-state index contributed by atoms with van der Waals surface area (Å²) in [4.78, 5) is 12.0. The van der Waals surface area contributed by atoms with Crippen molar-refractivity contribution in [2.75, 3.05) is 6.54 Å². The highest BCUT2D eigenvalue weighted by Crippen LogP contribution is 2.39. The lowest BCUT2D eigenvalue weighted by Crippen LogP contribution is -2.42. The van der Waals surface area contributed by atoms with E-state index in [0.29, 0.717) is 25.8 Å². The Morgan fingerprint density at radius 3 is 1.75 bits per heavy atom. The maximum atomic E-state index is 14.1. The number of hydrogen-bond donors (Lipinski definition) is 3. The summed E-state index contributed by atoms with van der Waals surface area (Å²) in [6, 6.07) is 18.1. The highest BCUT2D eigenvalue weighted by Gasteiger charge is 2.39. The van der Waals surface area contributed by atoms with E-state index in [1.807, 2.05) is 31.2 Å². The van der Waals surface area contributed by atoms with Gasteiger partial charge >= 0.3 is 12.1 Å². The van der Waals surface area contributed by atoms with Gasteiger partial charge < -0.3 is 10.4 Å². The van der Waals surface area contributed by atoms with Gasteiger partial charge in [-0.15, -0.1) is 0 Å². The van der Waals surface area contributed by atoms with Crippen LogP contribution in [-0.4, -0.2) is 32.1 Å². The Kier molecular flexibility index (Phi) is 18.3. The molecule has 0 aliphatic heterocycles. The minimum absolute atomic E-state index is 0.0296. The molecule has 0 heterocycles. The van der Waals surface area contributed by atoms with E-state index in [-0.39, 0.29) is 16.9 Å². The third-order valence-corrected chi connectivity index (χ3v) is 11.7. The van der Waals surface area contributed by atoms with Crippen molar-refractivity contribution in [1.82, 2.24) is 10.0 Å². The number of carboxylic acid groups (broad SMARTS) is 1. The first-order valence-electron chi connectivity index (χ1n) is 18.8. The summed E-state index contributed by atoms with van der Waals surface area (Å²) in [5.74, 6) is -1.29. The maximum absolute atomic E-state index is 14.1. The first-order valence-corrected chi connectivity index (χ1v) is 21.1. The van der Waals surface area contributed by atoms with Gasteiger partial charge in [-0.3, -0.25) is 4.79 Å². The zero-order chi connectivity index (χ0) is 38.0. The Bertz CT molecular complexity index is 1600. The van der Waals surface area contributed by atoms with E-state index in [9.17, 15) is 31.5 Å². The molecule has 0 amide bonds. The predicted molar refractivity (Wildman–Crippen MR) is 208 cm³/mol. The number of rotatable bonds is 25. The summed E-state index contributed by atoms with van der Waals surface area (Å²) >= 11 is 3.39. The largest absolute Gasteiger partial charge is 0.480 e. The summed E-state index contributed by atoms with van der Waals surface area (Å²) in [5.41, 5.74) is 0.324. The van der Waals surface area contributed by atoms with E-state index >= 15 is 0 Å². The molecule has 2 atom stereocenters. The highest BCUT2D eigenvalue weighted by atomic mass is 79.9. The van der Waals surface area contributed by atoms with Gasteiger partial charge in [-0.05, 0) is 86.2 Å². The molecule has 0 aromatic heterocycles. The fourth-order valence-corrected chi connectivity index (χ4v) is 8.13. The van der Waals surface area contributed by atoms with Crippen LogP contribution in [-0.2, 0) is 26.5 Å². The van der Waals surface area contributed by atoms with Crippen LogP contribution in [0.4, 0.5) is 13.2 Å². The number of nitrogens with one attached hydrogen (secondary N) is 2. The highest BCUT2D eigenvalue weighted by molar-refractivity contribution is 9.10. The second kappa shape index (κ2) is 21.8. The predicted octanol–water partition coefficient (Wildman–Crippen LogP) is 11.6. The van der Waals surface area contributed by atoms with Crippen LogP contribution in [0.3, 0.4) is 0 Å². The number of aliphatic carboxylic acids is 1. The first-order chi connectivity index (χ1) is 24.8. The fraction of sp³-hybridized carbons (Fsp3) is 0.537. The minimum atomic E-state index is -4.50. The van der Waals surface area contributed by atoms with Crippen LogP contribution < -0.4 is 10.0 Å². The van der Waals surface area contributed by atoms with Crippen molar-refractivity contribution in [3.8, 4) is 11.1 Å². The molecule has 0 saturated heterocycles. The number of alkyl halides is 3. The molecular formula is C41H56BrF3N2O4S. The Hall–Kier alpha value is -2.73. The molecule has 0 bridgehead atoms. The fourth-order valence-electron chi connectivity index (χ4n) is 6.64. The van der Waals surface area contributed by atoms with Gasteiger partial charge in [0.1, 0.15) is 6.04 Å². The second-order valence-electron chi connectivity index (χ2n) is 14.0. The quantitative estimate of drug-likeness (QED) is 0.0741. The molecule has 11 heteroatoms. The van der Waals surface area contributed by atoms with Gasteiger partial charge in [0.15, 0.2) is 0 Å². The lowest BCUT2D eigenvalue weighted by atomic mass is 9.83. The number of sulfonamides is 1. The normalized spacial score (nSPS) is 13.9. The van der Waals surface area contributed by atoms with Gasteiger partial charge in [0, 0.05) is 10.0 Å². The smallest absolute Gasteiger partial charge is 0.416 e. The zero-order valence-electron chi connectivity index (χ0n) is 30.6. The van der Waals surface area contributed by atoms with E-state index in [0.717, 1.165) is 47.3 Å². The van der Waals surface area contributed by atoms with Crippen LogP contribution >= 0.6 is 15.9 Å². The molecule has 0 saturated carbocycles.